The van der Waals surface area contributed by atoms with Gasteiger partial charge < -0.3 is 15.5 Å². The maximum Gasteiger partial charge on any atom is 0.191 e. The summed E-state index contributed by atoms with van der Waals surface area (Å²) < 4.78 is 0. The molecular formula is C19H27ClIN5S. The third-order valence-electron chi connectivity index (χ3n) is 4.66. The van der Waals surface area contributed by atoms with Gasteiger partial charge in [-0.2, -0.15) is 0 Å². The van der Waals surface area contributed by atoms with Crippen LogP contribution in [0, 0.1) is 19.8 Å². The first-order valence-electron chi connectivity index (χ1n) is 8.92. The van der Waals surface area contributed by atoms with Crippen molar-refractivity contribution >= 4 is 58.6 Å². The maximum atomic E-state index is 6.17. The van der Waals surface area contributed by atoms with Gasteiger partial charge in [-0.15, -0.1) is 35.3 Å². The van der Waals surface area contributed by atoms with Gasteiger partial charge in [0.1, 0.15) is 5.01 Å². The third-order valence-corrected chi connectivity index (χ3v) is 5.80. The van der Waals surface area contributed by atoms with Crippen LogP contribution in [0.2, 0.25) is 5.02 Å². The molecule has 8 heteroatoms. The molecule has 0 radical (unpaired) electrons. The van der Waals surface area contributed by atoms with Crippen LogP contribution in [0.5, 0.6) is 0 Å². The highest BCUT2D eigenvalue weighted by Crippen LogP contribution is 2.29. The second-order valence-corrected chi connectivity index (χ2v) is 8.46. The van der Waals surface area contributed by atoms with E-state index in [9.17, 15) is 0 Å². The topological polar surface area (TPSA) is 52.6 Å². The molecule has 2 heterocycles. The number of aliphatic imine (C=N–C) groups is 1. The molecule has 27 heavy (non-hydrogen) atoms. The lowest BCUT2D eigenvalue weighted by Crippen LogP contribution is -2.39. The minimum Gasteiger partial charge on any atom is -0.371 e. The number of hydrogen-bond donors (Lipinski definition) is 2. The van der Waals surface area contributed by atoms with Crippen molar-refractivity contribution in [2.75, 3.05) is 31.6 Å². The molecule has 5 nitrogen and oxygen atoms in total. The summed E-state index contributed by atoms with van der Waals surface area (Å²) >= 11 is 7.88. The number of nitrogens with zero attached hydrogens (tertiary/aromatic N) is 3. The Labute approximate surface area is 187 Å². The summed E-state index contributed by atoms with van der Waals surface area (Å²) in [6.45, 7) is 7.93. The van der Waals surface area contributed by atoms with Gasteiger partial charge in [0, 0.05) is 48.5 Å². The van der Waals surface area contributed by atoms with E-state index in [-0.39, 0.29) is 24.0 Å². The zero-order valence-corrected chi connectivity index (χ0v) is 19.9. The highest BCUT2D eigenvalue weighted by atomic mass is 127. The molecular weight excluding hydrogens is 493 g/mol. The van der Waals surface area contributed by atoms with E-state index in [2.05, 4.69) is 51.5 Å². The highest BCUT2D eigenvalue weighted by molar-refractivity contribution is 14.0. The lowest BCUT2D eigenvalue weighted by molar-refractivity contribution is 0.565. The summed E-state index contributed by atoms with van der Waals surface area (Å²) in [5.74, 6) is 1.42. The Morgan fingerprint density at radius 3 is 2.89 bits per heavy atom. The Bertz CT molecular complexity index is 779. The largest absolute Gasteiger partial charge is 0.371 e. The van der Waals surface area contributed by atoms with E-state index >= 15 is 0 Å². The zero-order valence-electron chi connectivity index (χ0n) is 16.0. The van der Waals surface area contributed by atoms with Gasteiger partial charge in [-0.1, -0.05) is 17.7 Å². The predicted molar refractivity (Wildman–Crippen MR) is 127 cm³/mol. The molecule has 0 spiro atoms. The quantitative estimate of drug-likeness (QED) is 0.353. The van der Waals surface area contributed by atoms with Gasteiger partial charge in [0.15, 0.2) is 5.96 Å². The summed E-state index contributed by atoms with van der Waals surface area (Å²) in [5, 5.41) is 8.67. The molecule has 1 aliphatic rings. The molecule has 0 amide bonds. The van der Waals surface area contributed by atoms with Gasteiger partial charge in [0.05, 0.1) is 6.54 Å². The van der Waals surface area contributed by atoms with Crippen LogP contribution in [-0.4, -0.2) is 37.6 Å². The predicted octanol–water partition coefficient (Wildman–Crippen LogP) is 4.22. The fourth-order valence-electron chi connectivity index (χ4n) is 3.25. The van der Waals surface area contributed by atoms with E-state index in [1.54, 1.807) is 18.4 Å². The molecule has 1 unspecified atom stereocenters. The van der Waals surface area contributed by atoms with Crippen LogP contribution in [0.15, 0.2) is 29.4 Å². The van der Waals surface area contributed by atoms with Crippen molar-refractivity contribution in [2.45, 2.75) is 26.8 Å². The molecule has 0 saturated carbocycles. The van der Waals surface area contributed by atoms with E-state index in [1.165, 1.54) is 22.5 Å². The fourth-order valence-corrected chi connectivity index (χ4v) is 4.14. The lowest BCUT2D eigenvalue weighted by atomic mass is 10.1. The van der Waals surface area contributed by atoms with E-state index in [0.29, 0.717) is 12.5 Å². The van der Waals surface area contributed by atoms with Crippen molar-refractivity contribution < 1.29 is 0 Å². The Hall–Kier alpha value is -1.06. The molecule has 0 aliphatic carbocycles. The van der Waals surface area contributed by atoms with E-state index < -0.39 is 0 Å². The van der Waals surface area contributed by atoms with Gasteiger partial charge in [0.2, 0.25) is 0 Å². The average molecular weight is 520 g/mol. The SMILES string of the molecule is CN=C(NCc1ncc(C)s1)NCC1CCN(c2cc(Cl)ccc2C)C1.I. The van der Waals surface area contributed by atoms with Crippen molar-refractivity contribution in [3.05, 3.63) is 44.9 Å². The number of nitrogens with one attached hydrogen (secondary N) is 2. The van der Waals surface area contributed by atoms with Gasteiger partial charge in [-0.3, -0.25) is 4.99 Å². The Kier molecular flexibility index (Phi) is 8.62. The monoisotopic (exact) mass is 519 g/mol. The summed E-state index contributed by atoms with van der Waals surface area (Å²) in [6.07, 6.45) is 3.07. The molecule has 1 aromatic carbocycles. The van der Waals surface area contributed by atoms with Crippen LogP contribution >= 0.6 is 46.9 Å². The molecule has 2 N–H and O–H groups in total. The van der Waals surface area contributed by atoms with Crippen molar-refractivity contribution in [2.24, 2.45) is 10.9 Å². The number of anilines is 1. The molecule has 1 saturated heterocycles. The highest BCUT2D eigenvalue weighted by Gasteiger charge is 2.24. The Morgan fingerprint density at radius 1 is 1.37 bits per heavy atom. The van der Waals surface area contributed by atoms with Crippen molar-refractivity contribution in [3.63, 3.8) is 0 Å². The van der Waals surface area contributed by atoms with Crippen LogP contribution in [-0.2, 0) is 6.54 Å². The van der Waals surface area contributed by atoms with Gasteiger partial charge >= 0.3 is 0 Å². The van der Waals surface area contributed by atoms with Gasteiger partial charge in [0.25, 0.3) is 0 Å². The smallest absolute Gasteiger partial charge is 0.191 e. The van der Waals surface area contributed by atoms with Crippen LogP contribution in [0.4, 0.5) is 5.69 Å². The number of aryl methyl sites for hydroxylation is 2. The summed E-state index contributed by atoms with van der Waals surface area (Å²) in [5.41, 5.74) is 2.53. The standard InChI is InChI=1S/C19H26ClN5S.HI/c1-13-4-5-16(20)8-17(13)25-7-6-15(12-25)10-23-19(21-3)24-11-18-22-9-14(2)26-18;/h4-5,8-9,15H,6-7,10-12H2,1-3H3,(H2,21,23,24);1H. The molecule has 1 aliphatic heterocycles. The Balaban J connectivity index is 0.00000261. The first kappa shape index (κ1) is 22.2. The molecule has 148 valence electrons. The number of rotatable bonds is 5. The molecule has 1 atom stereocenters. The number of hydrogen-bond acceptors (Lipinski definition) is 4. The van der Waals surface area contributed by atoms with Gasteiger partial charge in [-0.25, -0.2) is 4.98 Å². The molecule has 1 aromatic heterocycles. The minimum atomic E-state index is 0. The lowest BCUT2D eigenvalue weighted by Gasteiger charge is -2.21. The molecule has 1 fully saturated rings. The zero-order chi connectivity index (χ0) is 18.5. The number of guanidine groups is 1. The second-order valence-electron chi connectivity index (χ2n) is 6.70. The average Bonchev–Trinajstić information content (AvgIpc) is 3.26. The van der Waals surface area contributed by atoms with Crippen molar-refractivity contribution in [3.8, 4) is 0 Å². The Morgan fingerprint density at radius 2 is 2.19 bits per heavy atom. The van der Waals surface area contributed by atoms with Crippen molar-refractivity contribution in [1.29, 1.82) is 0 Å². The number of aromatic nitrogens is 1. The summed E-state index contributed by atoms with van der Waals surface area (Å²) in [7, 11) is 1.80. The van der Waals surface area contributed by atoms with Crippen LogP contribution in [0.25, 0.3) is 0 Å². The minimum absolute atomic E-state index is 0. The number of benzene rings is 1. The first-order chi connectivity index (χ1) is 12.5. The molecule has 0 bridgehead atoms. The number of halogens is 2. The van der Waals surface area contributed by atoms with E-state index in [0.717, 1.165) is 35.6 Å². The maximum absolute atomic E-state index is 6.17. The molecule has 3 rings (SSSR count). The van der Waals surface area contributed by atoms with Crippen LogP contribution in [0.1, 0.15) is 21.9 Å². The fraction of sp³-hybridized carbons (Fsp3) is 0.474. The van der Waals surface area contributed by atoms with Crippen LogP contribution in [0.3, 0.4) is 0 Å². The first-order valence-corrected chi connectivity index (χ1v) is 10.1. The van der Waals surface area contributed by atoms with Crippen LogP contribution < -0.4 is 15.5 Å². The molecule has 2 aromatic rings. The summed E-state index contributed by atoms with van der Waals surface area (Å²) in [6, 6.07) is 6.12. The normalized spacial score (nSPS) is 17.0. The second kappa shape index (κ2) is 10.5. The number of thiazole rings is 1. The van der Waals surface area contributed by atoms with E-state index in [4.69, 9.17) is 11.6 Å². The van der Waals surface area contributed by atoms with Gasteiger partial charge in [-0.05, 0) is 43.9 Å². The van der Waals surface area contributed by atoms with E-state index in [1.807, 2.05) is 12.3 Å². The summed E-state index contributed by atoms with van der Waals surface area (Å²) in [4.78, 5) is 12.3. The third kappa shape index (κ3) is 6.22. The van der Waals surface area contributed by atoms with Crippen molar-refractivity contribution in [1.82, 2.24) is 15.6 Å².